The Bertz CT molecular complexity index is 1140. The summed E-state index contributed by atoms with van der Waals surface area (Å²) in [6.45, 7) is 1.94. The molecule has 0 saturated heterocycles. The monoisotopic (exact) mass is 374 g/mol. The molecule has 0 aliphatic carbocycles. The molecule has 2 aliphatic heterocycles. The van der Waals surface area contributed by atoms with Crippen LogP contribution in [0.1, 0.15) is 16.9 Å². The Morgan fingerprint density at radius 1 is 1.04 bits per heavy atom. The highest BCUT2D eigenvalue weighted by molar-refractivity contribution is 6.15. The lowest BCUT2D eigenvalue weighted by atomic mass is 10.1. The molecule has 1 aromatic heterocycles. The predicted octanol–water partition coefficient (Wildman–Crippen LogP) is 3.72. The number of esters is 1. The minimum absolute atomic E-state index is 0.176. The van der Waals surface area contributed by atoms with Gasteiger partial charge in [-0.15, -0.1) is 0 Å². The smallest absolute Gasteiger partial charge is 0.363 e. The van der Waals surface area contributed by atoms with Crippen molar-refractivity contribution in [1.29, 1.82) is 0 Å². The molecule has 7 nitrogen and oxygen atoms in total. The average Bonchev–Trinajstić information content (AvgIpc) is 3.41. The largest absolute Gasteiger partial charge is 0.454 e. The molecule has 0 bridgehead atoms. The second kappa shape index (κ2) is 6.38. The summed E-state index contributed by atoms with van der Waals surface area (Å²) in [5.41, 5.74) is 2.93. The second-order valence-corrected chi connectivity index (χ2v) is 6.28. The molecule has 3 heterocycles. The Hall–Kier alpha value is -3.87. The van der Waals surface area contributed by atoms with Crippen LogP contribution in [0.15, 0.2) is 63.7 Å². The molecule has 0 atom stereocenters. The van der Waals surface area contributed by atoms with Crippen molar-refractivity contribution in [3.8, 4) is 22.8 Å². The number of ether oxygens (including phenoxy) is 3. The van der Waals surface area contributed by atoms with Crippen molar-refractivity contribution < 1.29 is 23.5 Å². The third-order valence-electron chi connectivity index (χ3n) is 4.44. The van der Waals surface area contributed by atoms with E-state index in [-0.39, 0.29) is 18.4 Å². The van der Waals surface area contributed by atoms with Crippen molar-refractivity contribution in [2.45, 2.75) is 6.92 Å². The Balaban J connectivity index is 1.53. The van der Waals surface area contributed by atoms with Crippen LogP contribution in [-0.4, -0.2) is 23.8 Å². The molecule has 138 valence electrons. The summed E-state index contributed by atoms with van der Waals surface area (Å²) in [7, 11) is 0. The molecule has 0 amide bonds. The first-order valence-electron chi connectivity index (χ1n) is 8.63. The number of aliphatic imine (C=N–C) groups is 1. The van der Waals surface area contributed by atoms with Gasteiger partial charge >= 0.3 is 5.97 Å². The highest BCUT2D eigenvalue weighted by Gasteiger charge is 2.30. The quantitative estimate of drug-likeness (QED) is 0.513. The van der Waals surface area contributed by atoms with Gasteiger partial charge in [-0.05, 0) is 30.7 Å². The molecule has 7 heteroatoms. The molecule has 0 N–H and O–H groups in total. The van der Waals surface area contributed by atoms with E-state index in [1.54, 1.807) is 25.1 Å². The zero-order valence-corrected chi connectivity index (χ0v) is 14.8. The molecule has 0 unspecified atom stereocenters. The van der Waals surface area contributed by atoms with Gasteiger partial charge in [0.05, 0.1) is 0 Å². The van der Waals surface area contributed by atoms with E-state index in [1.165, 1.54) is 0 Å². The third-order valence-corrected chi connectivity index (χ3v) is 4.44. The van der Waals surface area contributed by atoms with Crippen LogP contribution in [-0.2, 0) is 9.53 Å². The first-order chi connectivity index (χ1) is 13.7. The Morgan fingerprint density at radius 2 is 1.86 bits per heavy atom. The highest BCUT2D eigenvalue weighted by Crippen LogP contribution is 2.34. The van der Waals surface area contributed by atoms with Crippen molar-refractivity contribution in [2.24, 2.45) is 4.99 Å². The van der Waals surface area contributed by atoms with E-state index in [0.29, 0.717) is 28.5 Å². The molecular formula is C21H14N2O5. The number of rotatable bonds is 3. The number of carbonyl (C=O) groups is 1. The summed E-state index contributed by atoms with van der Waals surface area (Å²) in [5, 5.41) is 4.11. The number of aromatic nitrogens is 1. The van der Waals surface area contributed by atoms with E-state index in [1.807, 2.05) is 36.4 Å². The van der Waals surface area contributed by atoms with Gasteiger partial charge in [0, 0.05) is 5.56 Å². The third kappa shape index (κ3) is 2.73. The number of nitrogens with zero attached hydrogens (tertiary/aromatic N) is 2. The zero-order chi connectivity index (χ0) is 19.1. The van der Waals surface area contributed by atoms with Gasteiger partial charge in [0.25, 0.3) is 0 Å². The van der Waals surface area contributed by atoms with E-state index in [0.717, 1.165) is 11.1 Å². The van der Waals surface area contributed by atoms with Crippen LogP contribution >= 0.6 is 0 Å². The van der Waals surface area contributed by atoms with Crippen LogP contribution in [0, 0.1) is 6.92 Å². The van der Waals surface area contributed by atoms with Gasteiger partial charge in [0.15, 0.2) is 17.2 Å². The number of fused-ring (bicyclic) bond motifs is 1. The summed E-state index contributed by atoms with van der Waals surface area (Å²) < 4.78 is 21.4. The molecule has 0 saturated carbocycles. The molecule has 0 fully saturated rings. The van der Waals surface area contributed by atoms with Gasteiger partial charge in [0.2, 0.25) is 12.7 Å². The molecule has 0 radical (unpaired) electrons. The lowest BCUT2D eigenvalue weighted by Crippen LogP contribution is -2.07. The van der Waals surface area contributed by atoms with Crippen LogP contribution < -0.4 is 9.47 Å². The first-order valence-corrected chi connectivity index (χ1v) is 8.63. The first kappa shape index (κ1) is 16.3. The molecular weight excluding hydrogens is 360 g/mol. The average molecular weight is 374 g/mol. The molecule has 0 spiro atoms. The van der Waals surface area contributed by atoms with E-state index in [2.05, 4.69) is 10.1 Å². The van der Waals surface area contributed by atoms with Crippen LogP contribution in [0.2, 0.25) is 0 Å². The summed E-state index contributed by atoms with van der Waals surface area (Å²) >= 11 is 0. The molecule has 3 aromatic rings. The van der Waals surface area contributed by atoms with Crippen molar-refractivity contribution in [1.82, 2.24) is 5.16 Å². The highest BCUT2D eigenvalue weighted by atomic mass is 16.7. The van der Waals surface area contributed by atoms with Crippen LogP contribution in [0.5, 0.6) is 11.5 Å². The summed E-state index contributed by atoms with van der Waals surface area (Å²) in [4.78, 5) is 16.7. The van der Waals surface area contributed by atoms with E-state index in [4.69, 9.17) is 18.7 Å². The molecule has 2 aliphatic rings. The SMILES string of the molecule is Cc1onc(-c2ccccc2)c1C1=N/C(=C\c2ccc3c(c2)OCO3)C(=O)O1. The minimum atomic E-state index is -0.535. The Labute approximate surface area is 159 Å². The van der Waals surface area contributed by atoms with Crippen molar-refractivity contribution in [3.63, 3.8) is 0 Å². The number of hydrogen-bond donors (Lipinski definition) is 0. The normalized spacial score (nSPS) is 16.4. The van der Waals surface area contributed by atoms with Gasteiger partial charge in [-0.3, -0.25) is 0 Å². The molecule has 28 heavy (non-hydrogen) atoms. The van der Waals surface area contributed by atoms with E-state index < -0.39 is 5.97 Å². The number of cyclic esters (lactones) is 1. The van der Waals surface area contributed by atoms with Gasteiger partial charge in [-0.25, -0.2) is 9.79 Å². The fraction of sp³-hybridized carbons (Fsp3) is 0.0952. The Morgan fingerprint density at radius 3 is 2.71 bits per heavy atom. The fourth-order valence-electron chi connectivity index (χ4n) is 3.09. The number of aryl methyl sites for hydroxylation is 1. The van der Waals surface area contributed by atoms with Gasteiger partial charge < -0.3 is 18.7 Å². The van der Waals surface area contributed by atoms with Gasteiger partial charge in [-0.1, -0.05) is 41.6 Å². The molecule has 2 aromatic carbocycles. The topological polar surface area (TPSA) is 83.2 Å². The zero-order valence-electron chi connectivity index (χ0n) is 14.8. The van der Waals surface area contributed by atoms with Crippen LogP contribution in [0.25, 0.3) is 17.3 Å². The van der Waals surface area contributed by atoms with Gasteiger partial charge in [0.1, 0.15) is 17.0 Å². The standard InChI is InChI=1S/C21H14N2O5/c1-12-18(19(23-28-12)14-5-3-2-4-6-14)20-22-15(21(24)27-20)9-13-7-8-16-17(10-13)26-11-25-16/h2-10H,11H2,1H3/b15-9-. The summed E-state index contributed by atoms with van der Waals surface area (Å²) in [6.07, 6.45) is 1.64. The summed E-state index contributed by atoms with van der Waals surface area (Å²) in [5.74, 6) is 1.47. The van der Waals surface area contributed by atoms with Crippen molar-refractivity contribution in [2.75, 3.05) is 6.79 Å². The fourth-order valence-corrected chi connectivity index (χ4v) is 3.09. The number of carbonyl (C=O) groups excluding carboxylic acids is 1. The number of benzene rings is 2. The van der Waals surface area contributed by atoms with Gasteiger partial charge in [-0.2, -0.15) is 0 Å². The molecule has 5 rings (SSSR count). The maximum atomic E-state index is 12.4. The van der Waals surface area contributed by atoms with Crippen LogP contribution in [0.4, 0.5) is 0 Å². The maximum absolute atomic E-state index is 12.4. The van der Waals surface area contributed by atoms with Crippen molar-refractivity contribution >= 4 is 17.9 Å². The van der Waals surface area contributed by atoms with E-state index in [9.17, 15) is 4.79 Å². The predicted molar refractivity (Wildman–Crippen MR) is 99.8 cm³/mol. The van der Waals surface area contributed by atoms with Crippen molar-refractivity contribution in [3.05, 3.63) is 71.1 Å². The Kier molecular flexibility index (Phi) is 3.72. The lowest BCUT2D eigenvalue weighted by Gasteiger charge is -2.01. The minimum Gasteiger partial charge on any atom is -0.454 e. The van der Waals surface area contributed by atoms with E-state index >= 15 is 0 Å². The lowest BCUT2D eigenvalue weighted by molar-refractivity contribution is -0.129. The summed E-state index contributed by atoms with van der Waals surface area (Å²) in [6, 6.07) is 14.9. The second-order valence-electron chi connectivity index (χ2n) is 6.28. The van der Waals surface area contributed by atoms with Crippen LogP contribution in [0.3, 0.4) is 0 Å². The number of hydrogen-bond acceptors (Lipinski definition) is 7. The maximum Gasteiger partial charge on any atom is 0.363 e.